The van der Waals surface area contributed by atoms with Crippen LogP contribution in [-0.2, 0) is 21.7 Å². The molecule has 0 unspecified atom stereocenters. The average molecular weight is 447 g/mol. The van der Waals surface area contributed by atoms with Crippen molar-refractivity contribution in [3.8, 4) is 0 Å². The number of nitrogens with two attached hydrogens (primary N) is 1. The van der Waals surface area contributed by atoms with Gasteiger partial charge in [0.05, 0.1) is 0 Å². The lowest BCUT2D eigenvalue weighted by Gasteiger charge is -2.50. The van der Waals surface area contributed by atoms with Crippen LogP contribution in [0.25, 0.3) is 0 Å². The zero-order valence-electron chi connectivity index (χ0n) is 22.1. The first kappa shape index (κ1) is 23.9. The van der Waals surface area contributed by atoms with Gasteiger partial charge in [0.2, 0.25) is 0 Å². The summed E-state index contributed by atoms with van der Waals surface area (Å²) in [5.41, 5.74) is 15.4. The highest BCUT2D eigenvalue weighted by Crippen LogP contribution is 2.58. The Morgan fingerprint density at radius 1 is 0.697 bits per heavy atom. The summed E-state index contributed by atoms with van der Waals surface area (Å²) in [6.07, 6.45) is 4.53. The van der Waals surface area contributed by atoms with Crippen molar-refractivity contribution in [3.05, 3.63) is 57.6 Å². The van der Waals surface area contributed by atoms with E-state index in [1.807, 2.05) is 12.1 Å². The van der Waals surface area contributed by atoms with E-state index in [2.05, 4.69) is 67.6 Å². The Kier molecular flexibility index (Phi) is 5.32. The molecular weight excluding hydrogens is 404 g/mol. The number of hydrogen-bond acceptors (Lipinski definition) is 2. The van der Waals surface area contributed by atoms with Crippen molar-refractivity contribution < 1.29 is 4.79 Å². The molecule has 0 fully saturated rings. The van der Waals surface area contributed by atoms with Crippen LogP contribution in [0.3, 0.4) is 0 Å². The van der Waals surface area contributed by atoms with Gasteiger partial charge in [0.25, 0.3) is 5.91 Å². The molecule has 178 valence electrons. The topological polar surface area (TPSA) is 55.1 Å². The fraction of sp³-hybridized carbons (Fsp3) is 0.567. The molecule has 0 aliphatic heterocycles. The fourth-order valence-corrected chi connectivity index (χ4v) is 6.62. The molecule has 33 heavy (non-hydrogen) atoms. The molecule has 2 aromatic rings. The monoisotopic (exact) mass is 446 g/mol. The summed E-state index contributed by atoms with van der Waals surface area (Å²) in [5.74, 6) is -0.0541. The predicted octanol–water partition coefficient (Wildman–Crippen LogP) is 7.53. The van der Waals surface area contributed by atoms with E-state index >= 15 is 0 Å². The lowest BCUT2D eigenvalue weighted by atomic mass is 9.55. The molecule has 3 N–H and O–H groups in total. The van der Waals surface area contributed by atoms with Crippen LogP contribution in [-0.4, -0.2) is 5.91 Å². The molecule has 0 spiro atoms. The standard InChI is InChI=1S/C30H42N2O/c1-18-21-23(29(6,7)16-14-27(21,2)3)25(32-26(33)19-10-12-20(31)13-11-19)24-22(18)28(4,5)15-17-30(24,8)9/h10-13H,14-17,31H2,1-9H3,(H,32,33). The summed E-state index contributed by atoms with van der Waals surface area (Å²) >= 11 is 0. The highest BCUT2D eigenvalue weighted by molar-refractivity contribution is 6.06. The number of amides is 1. The molecular formula is C30H42N2O. The second-order valence-electron chi connectivity index (χ2n) is 13.1. The van der Waals surface area contributed by atoms with Crippen molar-refractivity contribution in [1.82, 2.24) is 0 Å². The molecule has 0 saturated carbocycles. The van der Waals surface area contributed by atoms with Gasteiger partial charge in [-0.3, -0.25) is 4.79 Å². The summed E-state index contributed by atoms with van der Waals surface area (Å²) in [5, 5.41) is 3.47. The second-order valence-corrected chi connectivity index (χ2v) is 13.1. The molecule has 1 amide bonds. The minimum absolute atomic E-state index is 0.00789. The maximum atomic E-state index is 13.6. The van der Waals surface area contributed by atoms with Gasteiger partial charge in [-0.15, -0.1) is 0 Å². The summed E-state index contributed by atoms with van der Waals surface area (Å²) in [4.78, 5) is 13.6. The van der Waals surface area contributed by atoms with Gasteiger partial charge in [-0.25, -0.2) is 0 Å². The highest BCUT2D eigenvalue weighted by Gasteiger charge is 2.47. The fourth-order valence-electron chi connectivity index (χ4n) is 6.62. The smallest absolute Gasteiger partial charge is 0.255 e. The van der Waals surface area contributed by atoms with Crippen LogP contribution in [0.4, 0.5) is 11.4 Å². The maximum Gasteiger partial charge on any atom is 0.255 e. The average Bonchev–Trinajstić information content (AvgIpc) is 2.70. The van der Waals surface area contributed by atoms with Gasteiger partial charge in [-0.1, -0.05) is 55.4 Å². The largest absolute Gasteiger partial charge is 0.399 e. The van der Waals surface area contributed by atoms with Crippen LogP contribution in [0.2, 0.25) is 0 Å². The van der Waals surface area contributed by atoms with Crippen LogP contribution in [0.5, 0.6) is 0 Å². The van der Waals surface area contributed by atoms with E-state index in [1.165, 1.54) is 27.8 Å². The first-order valence-corrected chi connectivity index (χ1v) is 12.5. The molecule has 3 nitrogen and oxygen atoms in total. The molecule has 3 heteroatoms. The lowest BCUT2D eigenvalue weighted by Crippen LogP contribution is -2.42. The number of benzene rings is 2. The molecule has 0 aromatic heterocycles. The molecule has 0 radical (unpaired) electrons. The van der Waals surface area contributed by atoms with E-state index in [0.29, 0.717) is 11.3 Å². The van der Waals surface area contributed by atoms with E-state index in [9.17, 15) is 4.79 Å². The summed E-state index contributed by atoms with van der Waals surface area (Å²) in [7, 11) is 0. The van der Waals surface area contributed by atoms with Crippen LogP contribution in [0, 0.1) is 6.92 Å². The van der Waals surface area contributed by atoms with E-state index in [4.69, 9.17) is 5.73 Å². The molecule has 2 aliphatic rings. The van der Waals surface area contributed by atoms with Crippen molar-refractivity contribution in [2.45, 2.75) is 110 Å². The van der Waals surface area contributed by atoms with Gasteiger partial charge < -0.3 is 11.1 Å². The molecule has 4 rings (SSSR count). The summed E-state index contributed by atoms with van der Waals surface area (Å²) < 4.78 is 0. The molecule has 0 atom stereocenters. The van der Waals surface area contributed by atoms with Crippen molar-refractivity contribution in [1.29, 1.82) is 0 Å². The van der Waals surface area contributed by atoms with Gasteiger partial charge in [0.1, 0.15) is 0 Å². The Morgan fingerprint density at radius 3 is 1.45 bits per heavy atom. The molecule has 0 saturated heterocycles. The van der Waals surface area contributed by atoms with E-state index in [-0.39, 0.29) is 27.6 Å². The number of anilines is 2. The predicted molar refractivity (Wildman–Crippen MR) is 141 cm³/mol. The van der Waals surface area contributed by atoms with Crippen molar-refractivity contribution in [2.24, 2.45) is 0 Å². The van der Waals surface area contributed by atoms with Crippen LogP contribution < -0.4 is 11.1 Å². The van der Waals surface area contributed by atoms with Gasteiger partial charge in [0, 0.05) is 16.9 Å². The number of nitrogen functional groups attached to an aromatic ring is 1. The summed E-state index contributed by atoms with van der Waals surface area (Å²) in [6, 6.07) is 7.24. The van der Waals surface area contributed by atoms with E-state index < -0.39 is 0 Å². The first-order chi connectivity index (χ1) is 15.1. The molecule has 2 aliphatic carbocycles. The number of hydrogen-bond donors (Lipinski definition) is 2. The van der Waals surface area contributed by atoms with E-state index in [1.54, 1.807) is 12.1 Å². The quantitative estimate of drug-likeness (QED) is 0.468. The molecule has 0 heterocycles. The number of carbonyl (C=O) groups is 1. The normalized spacial score (nSPS) is 21.6. The Bertz CT molecular complexity index is 1060. The number of rotatable bonds is 2. The minimum atomic E-state index is -0.0541. The first-order valence-electron chi connectivity index (χ1n) is 12.5. The maximum absolute atomic E-state index is 13.6. The Labute approximate surface area is 200 Å². The van der Waals surface area contributed by atoms with Crippen LogP contribution >= 0.6 is 0 Å². The number of fused-ring (bicyclic) bond motifs is 2. The Balaban J connectivity index is 2.08. The van der Waals surface area contributed by atoms with Gasteiger partial charge >= 0.3 is 0 Å². The molecule has 2 aromatic carbocycles. The number of carbonyl (C=O) groups excluding carboxylic acids is 1. The zero-order valence-corrected chi connectivity index (χ0v) is 22.1. The zero-order chi connectivity index (χ0) is 24.6. The minimum Gasteiger partial charge on any atom is -0.399 e. The van der Waals surface area contributed by atoms with Crippen LogP contribution in [0.1, 0.15) is 119 Å². The lowest BCUT2D eigenvalue weighted by molar-refractivity contribution is 0.102. The van der Waals surface area contributed by atoms with Crippen molar-refractivity contribution in [2.75, 3.05) is 11.1 Å². The second kappa shape index (κ2) is 7.35. The van der Waals surface area contributed by atoms with Crippen LogP contribution in [0.15, 0.2) is 24.3 Å². The Hall–Kier alpha value is -2.29. The van der Waals surface area contributed by atoms with Crippen molar-refractivity contribution in [3.63, 3.8) is 0 Å². The highest BCUT2D eigenvalue weighted by atomic mass is 16.1. The third-order valence-corrected chi connectivity index (χ3v) is 8.62. The van der Waals surface area contributed by atoms with Gasteiger partial charge in [-0.2, -0.15) is 0 Å². The van der Waals surface area contributed by atoms with E-state index in [0.717, 1.165) is 31.4 Å². The van der Waals surface area contributed by atoms with Gasteiger partial charge in [0.15, 0.2) is 0 Å². The Morgan fingerprint density at radius 2 is 1.06 bits per heavy atom. The van der Waals surface area contributed by atoms with Gasteiger partial charge in [-0.05, 0) is 106 Å². The number of nitrogens with one attached hydrogen (secondary N) is 1. The summed E-state index contributed by atoms with van der Waals surface area (Å²) in [6.45, 7) is 21.3. The SMILES string of the molecule is Cc1c2c(c(NC(=O)c3ccc(N)cc3)c3c1C(C)(C)CCC3(C)C)C(C)(C)CCC2(C)C. The van der Waals surface area contributed by atoms with Crippen molar-refractivity contribution >= 4 is 17.3 Å². The third kappa shape index (κ3) is 3.78. The molecule has 0 bridgehead atoms. The third-order valence-electron chi connectivity index (χ3n) is 8.62.